The molecule has 0 aliphatic heterocycles. The fourth-order valence-corrected chi connectivity index (χ4v) is 3.33. The summed E-state index contributed by atoms with van der Waals surface area (Å²) in [5, 5.41) is 3.02. The molecule has 26 heavy (non-hydrogen) atoms. The quantitative estimate of drug-likeness (QED) is 0.650. The number of amides is 1. The number of imidazole rings is 1. The van der Waals surface area contributed by atoms with Gasteiger partial charge < -0.3 is 14.6 Å². The van der Waals surface area contributed by atoms with E-state index in [1.165, 1.54) is 0 Å². The second-order valence-electron chi connectivity index (χ2n) is 5.88. The van der Waals surface area contributed by atoms with Gasteiger partial charge in [0.25, 0.3) is 0 Å². The first kappa shape index (κ1) is 18.5. The summed E-state index contributed by atoms with van der Waals surface area (Å²) in [6.07, 6.45) is 2.04. The van der Waals surface area contributed by atoms with Crippen LogP contribution in [0.15, 0.2) is 48.5 Å². The molecule has 0 atom stereocenters. The molecule has 1 aromatic heterocycles. The third-order valence-electron chi connectivity index (χ3n) is 4.06. The number of hydrogen-bond acceptors (Lipinski definition) is 4. The van der Waals surface area contributed by atoms with Gasteiger partial charge in [0.1, 0.15) is 12.4 Å². The van der Waals surface area contributed by atoms with Crippen LogP contribution in [0.5, 0.6) is 0 Å². The van der Waals surface area contributed by atoms with Gasteiger partial charge in [0.15, 0.2) is 0 Å². The third-order valence-corrected chi connectivity index (χ3v) is 4.61. The molecular formula is C20H23N3O2S. The number of para-hydroxylation sites is 3. The van der Waals surface area contributed by atoms with Gasteiger partial charge in [-0.05, 0) is 31.4 Å². The van der Waals surface area contributed by atoms with E-state index in [9.17, 15) is 4.79 Å². The SMILES string of the molecule is CCOCc1ccccc1NC(=O)Cn1c(CSC)nc2ccccc21. The highest BCUT2D eigenvalue weighted by Gasteiger charge is 2.14. The summed E-state index contributed by atoms with van der Waals surface area (Å²) >= 11 is 1.70. The molecule has 5 nitrogen and oxygen atoms in total. The predicted molar refractivity (Wildman–Crippen MR) is 107 cm³/mol. The Kier molecular flexibility index (Phi) is 6.30. The van der Waals surface area contributed by atoms with Crippen molar-refractivity contribution in [2.45, 2.75) is 25.8 Å². The van der Waals surface area contributed by atoms with Crippen molar-refractivity contribution in [1.82, 2.24) is 9.55 Å². The molecule has 0 spiro atoms. The molecule has 0 aliphatic rings. The number of nitrogens with one attached hydrogen (secondary N) is 1. The van der Waals surface area contributed by atoms with Crippen molar-refractivity contribution < 1.29 is 9.53 Å². The third kappa shape index (κ3) is 4.26. The van der Waals surface area contributed by atoms with Crippen LogP contribution in [0.1, 0.15) is 18.3 Å². The van der Waals surface area contributed by atoms with Crippen molar-refractivity contribution >= 4 is 34.4 Å². The number of anilines is 1. The lowest BCUT2D eigenvalue weighted by Crippen LogP contribution is -2.20. The van der Waals surface area contributed by atoms with Gasteiger partial charge >= 0.3 is 0 Å². The molecular weight excluding hydrogens is 346 g/mol. The molecule has 3 rings (SSSR count). The minimum atomic E-state index is -0.0699. The zero-order valence-electron chi connectivity index (χ0n) is 15.1. The smallest absolute Gasteiger partial charge is 0.244 e. The molecule has 0 bridgehead atoms. The van der Waals surface area contributed by atoms with Crippen LogP contribution in [0, 0.1) is 0 Å². The number of benzene rings is 2. The Bertz CT molecular complexity index is 892. The van der Waals surface area contributed by atoms with Crippen LogP contribution in [0.2, 0.25) is 0 Å². The Hall–Kier alpha value is -2.31. The van der Waals surface area contributed by atoms with E-state index in [1.807, 2.05) is 66.3 Å². The van der Waals surface area contributed by atoms with Gasteiger partial charge in [0.2, 0.25) is 5.91 Å². The highest BCUT2D eigenvalue weighted by Crippen LogP contribution is 2.20. The molecule has 1 amide bonds. The summed E-state index contributed by atoms with van der Waals surface area (Å²) < 4.78 is 7.48. The fourth-order valence-electron chi connectivity index (χ4n) is 2.85. The molecule has 0 radical (unpaired) electrons. The van der Waals surface area contributed by atoms with E-state index in [0.717, 1.165) is 33.9 Å². The molecule has 2 aromatic carbocycles. The Morgan fingerprint density at radius 1 is 1.19 bits per heavy atom. The summed E-state index contributed by atoms with van der Waals surface area (Å²) in [5.41, 5.74) is 3.67. The second kappa shape index (κ2) is 8.87. The molecule has 0 aliphatic carbocycles. The predicted octanol–water partition coefficient (Wildman–Crippen LogP) is 4.07. The first-order chi connectivity index (χ1) is 12.7. The Morgan fingerprint density at radius 3 is 2.77 bits per heavy atom. The maximum Gasteiger partial charge on any atom is 0.244 e. The average molecular weight is 369 g/mol. The van der Waals surface area contributed by atoms with Gasteiger partial charge in [-0.2, -0.15) is 11.8 Å². The van der Waals surface area contributed by atoms with Gasteiger partial charge in [0.05, 0.1) is 23.4 Å². The van der Waals surface area contributed by atoms with Crippen LogP contribution in [-0.4, -0.2) is 28.3 Å². The standard InChI is InChI=1S/C20H23N3O2S/c1-3-25-13-15-8-4-5-9-16(15)22-20(24)12-23-18-11-7-6-10-17(18)21-19(23)14-26-2/h4-11H,3,12-14H2,1-2H3,(H,22,24). The lowest BCUT2D eigenvalue weighted by atomic mass is 10.2. The number of ether oxygens (including phenoxy) is 1. The number of aromatic nitrogens is 2. The highest BCUT2D eigenvalue weighted by atomic mass is 32.2. The summed E-state index contributed by atoms with van der Waals surface area (Å²) in [5.74, 6) is 1.61. The van der Waals surface area contributed by atoms with Crippen LogP contribution in [0.25, 0.3) is 11.0 Å². The lowest BCUT2D eigenvalue weighted by Gasteiger charge is -2.13. The van der Waals surface area contributed by atoms with Crippen molar-refractivity contribution in [3.63, 3.8) is 0 Å². The number of carbonyl (C=O) groups excluding carboxylic acids is 1. The fraction of sp³-hybridized carbons (Fsp3) is 0.300. The number of hydrogen-bond donors (Lipinski definition) is 1. The number of rotatable bonds is 8. The zero-order valence-corrected chi connectivity index (χ0v) is 15.9. The van der Waals surface area contributed by atoms with E-state index < -0.39 is 0 Å². The van der Waals surface area contributed by atoms with Crippen molar-refractivity contribution in [1.29, 1.82) is 0 Å². The van der Waals surface area contributed by atoms with Crippen molar-refractivity contribution in [3.05, 3.63) is 59.9 Å². The largest absolute Gasteiger partial charge is 0.377 e. The van der Waals surface area contributed by atoms with Crippen LogP contribution < -0.4 is 5.32 Å². The van der Waals surface area contributed by atoms with Crippen LogP contribution in [0.3, 0.4) is 0 Å². The van der Waals surface area contributed by atoms with Gasteiger partial charge in [-0.1, -0.05) is 30.3 Å². The van der Waals surface area contributed by atoms with E-state index in [0.29, 0.717) is 13.2 Å². The van der Waals surface area contributed by atoms with Gasteiger partial charge in [-0.15, -0.1) is 0 Å². The van der Waals surface area contributed by atoms with Crippen LogP contribution in [-0.2, 0) is 28.4 Å². The van der Waals surface area contributed by atoms with Gasteiger partial charge in [-0.25, -0.2) is 4.98 Å². The molecule has 0 fully saturated rings. The zero-order chi connectivity index (χ0) is 18.4. The van der Waals surface area contributed by atoms with Gasteiger partial charge in [0, 0.05) is 17.9 Å². The molecule has 1 N–H and O–H groups in total. The van der Waals surface area contributed by atoms with E-state index in [2.05, 4.69) is 10.3 Å². The first-order valence-electron chi connectivity index (χ1n) is 8.61. The minimum Gasteiger partial charge on any atom is -0.377 e. The lowest BCUT2D eigenvalue weighted by molar-refractivity contribution is -0.116. The van der Waals surface area contributed by atoms with Crippen molar-refractivity contribution in [2.75, 3.05) is 18.2 Å². The number of carbonyl (C=O) groups is 1. The first-order valence-corrected chi connectivity index (χ1v) is 10.0. The number of nitrogens with zero attached hydrogens (tertiary/aromatic N) is 2. The normalized spacial score (nSPS) is 11.0. The van der Waals surface area contributed by atoms with E-state index in [-0.39, 0.29) is 12.5 Å². The van der Waals surface area contributed by atoms with Crippen molar-refractivity contribution in [3.8, 4) is 0 Å². The Labute approximate surface area is 157 Å². The summed E-state index contributed by atoms with van der Waals surface area (Å²) in [6.45, 7) is 3.32. The molecule has 0 saturated heterocycles. The average Bonchev–Trinajstić information content (AvgIpc) is 2.99. The molecule has 0 unspecified atom stereocenters. The maximum atomic E-state index is 12.7. The summed E-state index contributed by atoms with van der Waals surface area (Å²) in [4.78, 5) is 17.4. The van der Waals surface area contributed by atoms with Crippen molar-refractivity contribution in [2.24, 2.45) is 0 Å². The molecule has 6 heteroatoms. The van der Waals surface area contributed by atoms with E-state index in [4.69, 9.17) is 4.74 Å². The Morgan fingerprint density at radius 2 is 1.96 bits per heavy atom. The number of fused-ring (bicyclic) bond motifs is 1. The van der Waals surface area contributed by atoms with Gasteiger partial charge in [-0.3, -0.25) is 4.79 Å². The maximum absolute atomic E-state index is 12.7. The number of thioether (sulfide) groups is 1. The Balaban J connectivity index is 1.81. The minimum absolute atomic E-state index is 0.0699. The van der Waals surface area contributed by atoms with E-state index in [1.54, 1.807) is 11.8 Å². The summed E-state index contributed by atoms with van der Waals surface area (Å²) in [7, 11) is 0. The van der Waals surface area contributed by atoms with Crippen LogP contribution in [0.4, 0.5) is 5.69 Å². The second-order valence-corrected chi connectivity index (χ2v) is 6.74. The van der Waals surface area contributed by atoms with E-state index >= 15 is 0 Å². The molecule has 136 valence electrons. The molecule has 1 heterocycles. The highest BCUT2D eigenvalue weighted by molar-refractivity contribution is 7.97. The van der Waals surface area contributed by atoms with Crippen LogP contribution >= 0.6 is 11.8 Å². The molecule has 0 saturated carbocycles. The topological polar surface area (TPSA) is 56.1 Å². The molecule has 3 aromatic rings. The monoisotopic (exact) mass is 369 g/mol. The summed E-state index contributed by atoms with van der Waals surface area (Å²) in [6, 6.07) is 15.7.